The third-order valence-corrected chi connectivity index (χ3v) is 4.71. The van der Waals surface area contributed by atoms with Crippen LogP contribution in [0.4, 0.5) is 5.69 Å². The number of nitrogen functional groups attached to an aromatic ring is 1. The second-order valence-electron chi connectivity index (χ2n) is 5.26. The number of nitrogens with two attached hydrogens (primary N) is 1. The molecular weight excluding hydrogens is 290 g/mol. The molecule has 0 bridgehead atoms. The predicted molar refractivity (Wildman–Crippen MR) is 81.2 cm³/mol. The van der Waals surface area contributed by atoms with Crippen LogP contribution in [0.15, 0.2) is 0 Å². The second kappa shape index (κ2) is 5.03. The van der Waals surface area contributed by atoms with Crippen molar-refractivity contribution >= 4 is 39.1 Å². The number of hydrogen-bond donors (Lipinski definition) is 3. The highest BCUT2D eigenvalue weighted by Gasteiger charge is 2.24. The van der Waals surface area contributed by atoms with Crippen LogP contribution in [0.2, 0.25) is 0 Å². The summed E-state index contributed by atoms with van der Waals surface area (Å²) in [7, 11) is 1.82. The molecule has 21 heavy (non-hydrogen) atoms. The molecule has 2 heterocycles. The van der Waals surface area contributed by atoms with Crippen LogP contribution in [0, 0.1) is 6.92 Å². The van der Waals surface area contributed by atoms with Crippen molar-refractivity contribution in [3.8, 4) is 0 Å². The fourth-order valence-electron chi connectivity index (χ4n) is 2.25. The van der Waals surface area contributed by atoms with E-state index in [1.54, 1.807) is 4.68 Å². The fraction of sp³-hybridized carbons (Fsp3) is 0.462. The summed E-state index contributed by atoms with van der Waals surface area (Å²) in [4.78, 5) is 25.0. The van der Waals surface area contributed by atoms with E-state index in [1.165, 1.54) is 11.3 Å². The highest BCUT2D eigenvalue weighted by Crippen LogP contribution is 2.35. The molecule has 1 fully saturated rings. The summed E-state index contributed by atoms with van der Waals surface area (Å²) in [6, 6.07) is 0.289. The lowest BCUT2D eigenvalue weighted by Gasteiger charge is -2.05. The number of amides is 2. The van der Waals surface area contributed by atoms with Crippen molar-refractivity contribution < 1.29 is 9.59 Å². The normalized spacial score (nSPS) is 14.4. The summed E-state index contributed by atoms with van der Waals surface area (Å²) in [6.07, 6.45) is 2.05. The van der Waals surface area contributed by atoms with E-state index in [4.69, 9.17) is 5.73 Å². The molecule has 0 spiro atoms. The van der Waals surface area contributed by atoms with Gasteiger partial charge in [-0.25, -0.2) is 0 Å². The van der Waals surface area contributed by atoms with E-state index in [1.807, 2.05) is 14.0 Å². The van der Waals surface area contributed by atoms with E-state index in [0.29, 0.717) is 10.6 Å². The minimum atomic E-state index is -0.320. The number of nitrogens with one attached hydrogen (secondary N) is 2. The van der Waals surface area contributed by atoms with Crippen molar-refractivity contribution in [1.29, 1.82) is 0 Å². The molecule has 3 rings (SSSR count). The molecule has 112 valence electrons. The summed E-state index contributed by atoms with van der Waals surface area (Å²) >= 11 is 1.29. The van der Waals surface area contributed by atoms with Crippen LogP contribution in [0.3, 0.4) is 0 Å². The van der Waals surface area contributed by atoms with Gasteiger partial charge < -0.3 is 16.4 Å². The largest absolute Gasteiger partial charge is 0.397 e. The standard InChI is InChI=1S/C13H17N5O2S/c1-6-9-10(14)11(21-13(9)18(2)17-6)12(20)15-5-8(19)16-7-3-4-7/h7H,3-5,14H2,1-2H3,(H,15,20)(H,16,19). The number of anilines is 1. The summed E-state index contributed by atoms with van der Waals surface area (Å²) in [5.41, 5.74) is 7.28. The number of thiophene rings is 1. The number of aromatic nitrogens is 2. The Kier molecular flexibility index (Phi) is 3.32. The van der Waals surface area contributed by atoms with Gasteiger partial charge in [-0.05, 0) is 19.8 Å². The Labute approximate surface area is 125 Å². The molecule has 0 atom stereocenters. The highest BCUT2D eigenvalue weighted by molar-refractivity contribution is 7.21. The molecule has 1 saturated carbocycles. The van der Waals surface area contributed by atoms with Crippen LogP contribution >= 0.6 is 11.3 Å². The molecule has 0 unspecified atom stereocenters. The molecule has 2 amide bonds. The first kappa shape index (κ1) is 13.9. The molecule has 1 aliphatic rings. The Morgan fingerprint density at radius 3 is 2.81 bits per heavy atom. The van der Waals surface area contributed by atoms with Crippen molar-refractivity contribution in [3.63, 3.8) is 0 Å². The van der Waals surface area contributed by atoms with Crippen molar-refractivity contribution in [1.82, 2.24) is 20.4 Å². The number of carbonyl (C=O) groups excluding carboxylic acids is 2. The molecule has 0 aromatic carbocycles. The Hall–Kier alpha value is -2.09. The van der Waals surface area contributed by atoms with Gasteiger partial charge in [-0.1, -0.05) is 0 Å². The van der Waals surface area contributed by atoms with E-state index < -0.39 is 0 Å². The zero-order valence-electron chi connectivity index (χ0n) is 11.9. The van der Waals surface area contributed by atoms with Crippen molar-refractivity contribution in [2.75, 3.05) is 12.3 Å². The lowest BCUT2D eigenvalue weighted by Crippen LogP contribution is -2.37. The minimum absolute atomic E-state index is 0.0275. The molecule has 0 radical (unpaired) electrons. The maximum atomic E-state index is 12.2. The maximum absolute atomic E-state index is 12.2. The van der Waals surface area contributed by atoms with E-state index in [0.717, 1.165) is 28.8 Å². The van der Waals surface area contributed by atoms with E-state index >= 15 is 0 Å². The number of fused-ring (bicyclic) bond motifs is 1. The van der Waals surface area contributed by atoms with Gasteiger partial charge in [0, 0.05) is 13.1 Å². The summed E-state index contributed by atoms with van der Waals surface area (Å²) in [6.45, 7) is 1.83. The van der Waals surface area contributed by atoms with Crippen molar-refractivity contribution in [2.45, 2.75) is 25.8 Å². The smallest absolute Gasteiger partial charge is 0.264 e. The Balaban J connectivity index is 1.73. The third kappa shape index (κ3) is 2.58. The minimum Gasteiger partial charge on any atom is -0.397 e. The predicted octanol–water partition coefficient (Wildman–Crippen LogP) is 0.534. The molecule has 4 N–H and O–H groups in total. The Morgan fingerprint density at radius 1 is 1.48 bits per heavy atom. The molecular formula is C13H17N5O2S. The molecule has 8 heteroatoms. The molecule has 2 aromatic rings. The van der Waals surface area contributed by atoms with Crippen LogP contribution in [0.25, 0.3) is 10.2 Å². The number of hydrogen-bond acceptors (Lipinski definition) is 5. The van der Waals surface area contributed by atoms with Crippen LogP contribution < -0.4 is 16.4 Å². The van der Waals surface area contributed by atoms with Gasteiger partial charge in [0.05, 0.1) is 23.3 Å². The molecule has 1 aliphatic carbocycles. The molecule has 7 nitrogen and oxygen atoms in total. The topological polar surface area (TPSA) is 102 Å². The summed E-state index contributed by atoms with van der Waals surface area (Å²) < 4.78 is 1.71. The van der Waals surface area contributed by atoms with Gasteiger partial charge in [-0.2, -0.15) is 5.10 Å². The van der Waals surface area contributed by atoms with Gasteiger partial charge >= 0.3 is 0 Å². The number of rotatable bonds is 4. The SMILES string of the molecule is Cc1nn(C)c2sc(C(=O)NCC(=O)NC3CC3)c(N)c12. The zero-order valence-corrected chi connectivity index (χ0v) is 12.7. The lowest BCUT2D eigenvalue weighted by atomic mass is 10.2. The monoisotopic (exact) mass is 307 g/mol. The van der Waals surface area contributed by atoms with Crippen LogP contribution in [0.1, 0.15) is 28.2 Å². The number of nitrogens with zero attached hydrogens (tertiary/aromatic N) is 2. The summed E-state index contributed by atoms with van der Waals surface area (Å²) in [5.74, 6) is -0.484. The lowest BCUT2D eigenvalue weighted by molar-refractivity contribution is -0.120. The van der Waals surface area contributed by atoms with Gasteiger partial charge in [0.25, 0.3) is 5.91 Å². The number of carbonyl (C=O) groups is 2. The summed E-state index contributed by atoms with van der Waals surface area (Å²) in [5, 5.41) is 10.5. The second-order valence-corrected chi connectivity index (χ2v) is 6.26. The van der Waals surface area contributed by atoms with Gasteiger partial charge in [0.15, 0.2) is 0 Å². The average molecular weight is 307 g/mol. The van der Waals surface area contributed by atoms with Crippen LogP contribution in [-0.4, -0.2) is 34.2 Å². The van der Waals surface area contributed by atoms with Gasteiger partial charge in [0.2, 0.25) is 5.91 Å². The van der Waals surface area contributed by atoms with Gasteiger partial charge in [-0.15, -0.1) is 11.3 Å². The average Bonchev–Trinajstić information content (AvgIpc) is 3.09. The molecule has 0 saturated heterocycles. The molecule has 2 aromatic heterocycles. The highest BCUT2D eigenvalue weighted by atomic mass is 32.1. The molecule has 0 aliphatic heterocycles. The maximum Gasteiger partial charge on any atom is 0.264 e. The first-order valence-electron chi connectivity index (χ1n) is 6.76. The first-order chi connectivity index (χ1) is 9.97. The van der Waals surface area contributed by atoms with E-state index in [9.17, 15) is 9.59 Å². The Bertz CT molecular complexity index is 729. The first-order valence-corrected chi connectivity index (χ1v) is 7.58. The van der Waals surface area contributed by atoms with Crippen LogP contribution in [0.5, 0.6) is 0 Å². The van der Waals surface area contributed by atoms with Crippen molar-refractivity contribution in [3.05, 3.63) is 10.6 Å². The van der Waals surface area contributed by atoms with Gasteiger partial charge in [-0.3, -0.25) is 14.3 Å². The quantitative estimate of drug-likeness (QED) is 0.767. The fourth-order valence-corrected chi connectivity index (χ4v) is 3.35. The zero-order chi connectivity index (χ0) is 15.1. The van der Waals surface area contributed by atoms with E-state index in [-0.39, 0.29) is 24.4 Å². The third-order valence-electron chi connectivity index (χ3n) is 3.44. The van der Waals surface area contributed by atoms with Crippen molar-refractivity contribution in [2.24, 2.45) is 7.05 Å². The number of aryl methyl sites for hydroxylation is 2. The van der Waals surface area contributed by atoms with Gasteiger partial charge in [0.1, 0.15) is 9.71 Å². The van der Waals surface area contributed by atoms with E-state index in [2.05, 4.69) is 15.7 Å². The Morgan fingerprint density at radius 2 is 2.19 bits per heavy atom. The van der Waals surface area contributed by atoms with Crippen LogP contribution in [-0.2, 0) is 11.8 Å².